The summed E-state index contributed by atoms with van der Waals surface area (Å²) in [6.07, 6.45) is 0.379. The number of hydrazine groups is 1. The predicted octanol–water partition coefficient (Wildman–Crippen LogP) is 1.70. The van der Waals surface area contributed by atoms with Crippen LogP contribution in [0, 0.1) is 19.8 Å². The number of carbonyl (C=O) groups excluding carboxylic acids is 2. The Hall–Kier alpha value is -1.78. The van der Waals surface area contributed by atoms with Crippen molar-refractivity contribution in [2.75, 3.05) is 0 Å². The zero-order chi connectivity index (χ0) is 13.0. The van der Waals surface area contributed by atoms with Gasteiger partial charge in [0.05, 0.1) is 5.56 Å². The van der Waals surface area contributed by atoms with Crippen LogP contribution in [0.3, 0.4) is 0 Å². The van der Waals surface area contributed by atoms with Crippen LogP contribution in [0.4, 0.5) is 0 Å². The predicted molar refractivity (Wildman–Crippen MR) is 63.2 cm³/mol. The quantitative estimate of drug-likeness (QED) is 0.787. The molecule has 0 saturated carbocycles. The normalized spacial score (nSPS) is 10.4. The largest absolute Gasteiger partial charge is 0.466 e. The van der Waals surface area contributed by atoms with E-state index in [0.29, 0.717) is 23.5 Å². The lowest BCUT2D eigenvalue weighted by molar-refractivity contribution is -0.122. The van der Waals surface area contributed by atoms with Crippen molar-refractivity contribution in [1.82, 2.24) is 10.9 Å². The van der Waals surface area contributed by atoms with Crippen LogP contribution in [0.5, 0.6) is 0 Å². The summed E-state index contributed by atoms with van der Waals surface area (Å²) in [6.45, 7) is 7.34. The lowest BCUT2D eigenvalue weighted by Gasteiger charge is -2.07. The van der Waals surface area contributed by atoms with Gasteiger partial charge in [-0.25, -0.2) is 0 Å². The van der Waals surface area contributed by atoms with Crippen molar-refractivity contribution < 1.29 is 14.0 Å². The fourth-order valence-electron chi connectivity index (χ4n) is 1.47. The molecule has 0 spiro atoms. The molecule has 5 nitrogen and oxygen atoms in total. The maximum Gasteiger partial charge on any atom is 0.273 e. The Morgan fingerprint density at radius 3 is 2.41 bits per heavy atom. The van der Waals surface area contributed by atoms with Crippen LogP contribution >= 0.6 is 0 Å². The third kappa shape index (κ3) is 3.94. The van der Waals surface area contributed by atoms with E-state index in [1.165, 1.54) is 0 Å². The van der Waals surface area contributed by atoms with Gasteiger partial charge >= 0.3 is 0 Å². The van der Waals surface area contributed by atoms with Crippen LogP contribution in [-0.2, 0) is 4.79 Å². The summed E-state index contributed by atoms with van der Waals surface area (Å²) in [7, 11) is 0. The molecule has 0 bridgehead atoms. The standard InChI is InChI=1S/C12H18N2O3/c1-7(2)5-11(15)13-14-12(16)10-6-8(3)17-9(10)4/h6-7H,5H2,1-4H3,(H,13,15)(H,14,16). The molecule has 0 fully saturated rings. The number of amides is 2. The molecule has 0 atom stereocenters. The van der Waals surface area contributed by atoms with Gasteiger partial charge in [-0.05, 0) is 25.8 Å². The molecular weight excluding hydrogens is 220 g/mol. The van der Waals surface area contributed by atoms with Crippen molar-refractivity contribution in [2.45, 2.75) is 34.1 Å². The molecular formula is C12H18N2O3. The van der Waals surface area contributed by atoms with E-state index < -0.39 is 0 Å². The van der Waals surface area contributed by atoms with Gasteiger partial charge in [0.1, 0.15) is 11.5 Å². The zero-order valence-electron chi connectivity index (χ0n) is 10.6. The van der Waals surface area contributed by atoms with E-state index in [9.17, 15) is 9.59 Å². The first kappa shape index (κ1) is 13.3. The van der Waals surface area contributed by atoms with Gasteiger partial charge in [0.15, 0.2) is 0 Å². The van der Waals surface area contributed by atoms with E-state index in [1.807, 2.05) is 13.8 Å². The van der Waals surface area contributed by atoms with Gasteiger partial charge in [0.25, 0.3) is 5.91 Å². The highest BCUT2D eigenvalue weighted by atomic mass is 16.3. The molecule has 0 aliphatic carbocycles. The number of aryl methyl sites for hydroxylation is 2. The van der Waals surface area contributed by atoms with Gasteiger partial charge in [0, 0.05) is 6.42 Å². The fraction of sp³-hybridized carbons (Fsp3) is 0.500. The number of hydrogen-bond donors (Lipinski definition) is 2. The molecule has 5 heteroatoms. The Morgan fingerprint density at radius 1 is 1.29 bits per heavy atom. The molecule has 0 radical (unpaired) electrons. The summed E-state index contributed by atoms with van der Waals surface area (Å²) >= 11 is 0. The molecule has 1 heterocycles. The Morgan fingerprint density at radius 2 is 1.94 bits per heavy atom. The van der Waals surface area contributed by atoms with E-state index >= 15 is 0 Å². The van der Waals surface area contributed by atoms with Crippen LogP contribution < -0.4 is 10.9 Å². The van der Waals surface area contributed by atoms with Gasteiger partial charge in [-0.2, -0.15) is 0 Å². The van der Waals surface area contributed by atoms with Gasteiger partial charge in [-0.1, -0.05) is 13.8 Å². The van der Waals surface area contributed by atoms with E-state index in [1.54, 1.807) is 19.9 Å². The summed E-state index contributed by atoms with van der Waals surface area (Å²) in [4.78, 5) is 23.0. The molecule has 0 saturated heterocycles. The molecule has 94 valence electrons. The molecule has 1 aromatic rings. The highest BCUT2D eigenvalue weighted by Gasteiger charge is 2.14. The molecule has 0 unspecified atom stereocenters. The highest BCUT2D eigenvalue weighted by molar-refractivity contribution is 5.96. The Kier molecular flexibility index (Phi) is 4.31. The zero-order valence-corrected chi connectivity index (χ0v) is 10.6. The lowest BCUT2D eigenvalue weighted by Crippen LogP contribution is -2.42. The molecule has 2 N–H and O–H groups in total. The minimum atomic E-state index is -0.364. The Labute approximate surface area is 101 Å². The molecule has 0 aromatic carbocycles. The first-order valence-corrected chi connectivity index (χ1v) is 5.56. The van der Waals surface area contributed by atoms with Crippen LogP contribution in [-0.4, -0.2) is 11.8 Å². The molecule has 0 aliphatic heterocycles. The Bertz CT molecular complexity index is 421. The Balaban J connectivity index is 2.50. The van der Waals surface area contributed by atoms with E-state index in [0.717, 1.165) is 0 Å². The highest BCUT2D eigenvalue weighted by Crippen LogP contribution is 2.12. The van der Waals surface area contributed by atoms with Crippen LogP contribution in [0.2, 0.25) is 0 Å². The minimum absolute atomic E-state index is 0.203. The third-order valence-electron chi connectivity index (χ3n) is 2.19. The minimum Gasteiger partial charge on any atom is -0.466 e. The average molecular weight is 238 g/mol. The molecule has 17 heavy (non-hydrogen) atoms. The summed E-state index contributed by atoms with van der Waals surface area (Å²) in [5, 5.41) is 0. The van der Waals surface area contributed by atoms with Crippen molar-refractivity contribution in [3.05, 3.63) is 23.2 Å². The average Bonchev–Trinajstić information content (AvgIpc) is 2.53. The second-order valence-electron chi connectivity index (χ2n) is 4.43. The van der Waals surface area contributed by atoms with Crippen molar-refractivity contribution in [1.29, 1.82) is 0 Å². The van der Waals surface area contributed by atoms with Gasteiger partial charge in [-0.15, -0.1) is 0 Å². The van der Waals surface area contributed by atoms with E-state index in [-0.39, 0.29) is 17.7 Å². The van der Waals surface area contributed by atoms with Crippen molar-refractivity contribution in [3.8, 4) is 0 Å². The molecule has 1 rings (SSSR count). The molecule has 1 aromatic heterocycles. The summed E-state index contributed by atoms with van der Waals surface area (Å²) in [6, 6.07) is 1.64. The summed E-state index contributed by atoms with van der Waals surface area (Å²) < 4.78 is 5.23. The van der Waals surface area contributed by atoms with Gasteiger partial charge < -0.3 is 4.42 Å². The fourth-order valence-corrected chi connectivity index (χ4v) is 1.47. The SMILES string of the molecule is Cc1cc(C(=O)NNC(=O)CC(C)C)c(C)o1. The van der Waals surface area contributed by atoms with Crippen molar-refractivity contribution >= 4 is 11.8 Å². The van der Waals surface area contributed by atoms with Gasteiger partial charge in [-0.3, -0.25) is 20.4 Å². The monoisotopic (exact) mass is 238 g/mol. The first-order chi connectivity index (χ1) is 7.90. The molecule has 0 aliphatic rings. The third-order valence-corrected chi connectivity index (χ3v) is 2.19. The number of carbonyl (C=O) groups is 2. The van der Waals surface area contributed by atoms with Crippen LogP contribution in [0.15, 0.2) is 10.5 Å². The number of furan rings is 1. The second-order valence-corrected chi connectivity index (χ2v) is 4.43. The van der Waals surface area contributed by atoms with Crippen LogP contribution in [0.25, 0.3) is 0 Å². The number of rotatable bonds is 3. The maximum absolute atomic E-state index is 11.7. The van der Waals surface area contributed by atoms with E-state index in [2.05, 4.69) is 10.9 Å². The first-order valence-electron chi connectivity index (χ1n) is 5.56. The summed E-state index contributed by atoms with van der Waals surface area (Å²) in [5.74, 6) is 0.895. The maximum atomic E-state index is 11.7. The van der Waals surface area contributed by atoms with Gasteiger partial charge in [0.2, 0.25) is 5.91 Å². The molecule has 2 amide bonds. The summed E-state index contributed by atoms with van der Waals surface area (Å²) in [5.41, 5.74) is 5.17. The smallest absolute Gasteiger partial charge is 0.273 e. The topological polar surface area (TPSA) is 71.3 Å². The van der Waals surface area contributed by atoms with Crippen molar-refractivity contribution in [3.63, 3.8) is 0 Å². The van der Waals surface area contributed by atoms with E-state index in [4.69, 9.17) is 4.42 Å². The number of nitrogens with one attached hydrogen (secondary N) is 2. The van der Waals surface area contributed by atoms with Crippen molar-refractivity contribution in [2.24, 2.45) is 5.92 Å². The number of hydrogen-bond acceptors (Lipinski definition) is 3. The lowest BCUT2D eigenvalue weighted by atomic mass is 10.1. The van der Waals surface area contributed by atoms with Crippen LogP contribution in [0.1, 0.15) is 42.1 Å². The second kappa shape index (κ2) is 5.52.